The number of hydrogen-bond donors (Lipinski definition) is 3. The van der Waals surface area contributed by atoms with Crippen LogP contribution in [0.15, 0.2) is 41.8 Å². The number of rotatable bonds is 7. The molecule has 0 saturated carbocycles. The number of carbonyl (C=O) groups excluding carboxylic acids is 2. The van der Waals surface area contributed by atoms with Gasteiger partial charge in [-0.1, -0.05) is 0 Å². The number of pyridine rings is 1. The van der Waals surface area contributed by atoms with Gasteiger partial charge >= 0.3 is 0 Å². The molecule has 0 aliphatic carbocycles. The summed E-state index contributed by atoms with van der Waals surface area (Å²) in [6, 6.07) is 3.46. The summed E-state index contributed by atoms with van der Waals surface area (Å²) in [6.45, 7) is 2.81. The van der Waals surface area contributed by atoms with Crippen molar-refractivity contribution in [3.05, 3.63) is 58.9 Å². The van der Waals surface area contributed by atoms with Gasteiger partial charge < -0.3 is 10.2 Å². The highest BCUT2D eigenvalue weighted by Crippen LogP contribution is 2.26. The van der Waals surface area contributed by atoms with Gasteiger partial charge in [0.15, 0.2) is 0 Å². The van der Waals surface area contributed by atoms with E-state index in [2.05, 4.69) is 40.7 Å². The van der Waals surface area contributed by atoms with Crippen molar-refractivity contribution in [2.45, 2.75) is 19.4 Å². The molecule has 2 aliphatic heterocycles. The molecule has 0 unspecified atom stereocenters. The van der Waals surface area contributed by atoms with Gasteiger partial charge in [0, 0.05) is 43.2 Å². The summed E-state index contributed by atoms with van der Waals surface area (Å²) in [7, 11) is 0. The van der Waals surface area contributed by atoms with E-state index in [4.69, 9.17) is 0 Å². The normalized spacial score (nSPS) is 17.9. The van der Waals surface area contributed by atoms with Gasteiger partial charge in [-0.2, -0.15) is 5.10 Å². The summed E-state index contributed by atoms with van der Waals surface area (Å²) in [5.74, 6) is 0.327. The summed E-state index contributed by atoms with van der Waals surface area (Å²) in [6.07, 6.45) is 9.80. The van der Waals surface area contributed by atoms with E-state index in [0.717, 1.165) is 49.8 Å². The highest BCUT2D eigenvalue weighted by atomic mass is 32.2. The van der Waals surface area contributed by atoms with Crippen LogP contribution < -0.4 is 15.5 Å². The molecule has 5 heterocycles. The maximum Gasteiger partial charge on any atom is 0.290 e. The Labute approximate surface area is 204 Å². The molecule has 2 aliphatic rings. The number of piperidine rings is 1. The van der Waals surface area contributed by atoms with E-state index in [-0.39, 0.29) is 11.1 Å². The number of nitrogens with one attached hydrogen (secondary N) is 3. The zero-order valence-electron chi connectivity index (χ0n) is 18.7. The molecule has 180 valence electrons. The molecule has 3 aromatic heterocycles. The van der Waals surface area contributed by atoms with Crippen molar-refractivity contribution in [2.75, 3.05) is 24.5 Å². The van der Waals surface area contributed by atoms with Crippen LogP contribution in [0.4, 0.5) is 15.1 Å². The van der Waals surface area contributed by atoms with Crippen LogP contribution in [-0.4, -0.2) is 55.9 Å². The van der Waals surface area contributed by atoms with E-state index < -0.39 is 5.91 Å². The van der Waals surface area contributed by atoms with Crippen molar-refractivity contribution >= 4 is 34.9 Å². The second kappa shape index (κ2) is 10.3. The van der Waals surface area contributed by atoms with Gasteiger partial charge in [0.1, 0.15) is 5.82 Å². The van der Waals surface area contributed by atoms with E-state index >= 15 is 0 Å². The lowest BCUT2D eigenvalue weighted by Crippen LogP contribution is -2.38. The smallest absolute Gasteiger partial charge is 0.290 e. The molecule has 0 radical (unpaired) electrons. The largest absolute Gasteiger partial charge is 0.341 e. The molecule has 10 nitrogen and oxygen atoms in total. The van der Waals surface area contributed by atoms with Crippen LogP contribution in [0, 0.1) is 11.7 Å². The zero-order chi connectivity index (χ0) is 24.2. The Hall–Kier alpha value is -3.64. The van der Waals surface area contributed by atoms with Crippen LogP contribution in [0.25, 0.3) is 17.3 Å². The molecule has 0 spiro atoms. The number of anilines is 1. The Balaban J connectivity index is 1.13. The fraction of sp³-hybridized carbons (Fsp3) is 0.304. The molecule has 2 fully saturated rings. The highest BCUT2D eigenvalue weighted by Gasteiger charge is 2.26. The third-order valence-corrected chi connectivity index (χ3v) is 6.77. The Morgan fingerprint density at radius 1 is 1.23 bits per heavy atom. The quantitative estimate of drug-likeness (QED) is 0.425. The molecule has 0 atom stereocenters. The molecular formula is C23H23FN8O2S. The summed E-state index contributed by atoms with van der Waals surface area (Å²) in [5.41, 5.74) is 2.66. The molecule has 12 heteroatoms. The van der Waals surface area contributed by atoms with Gasteiger partial charge in [-0.05, 0) is 55.3 Å². The van der Waals surface area contributed by atoms with E-state index in [0.29, 0.717) is 40.3 Å². The first-order chi connectivity index (χ1) is 17.0. The zero-order valence-corrected chi connectivity index (χ0v) is 19.5. The average molecular weight is 495 g/mol. The Bertz CT molecular complexity index is 1260. The lowest BCUT2D eigenvalue weighted by atomic mass is 9.97. The lowest BCUT2D eigenvalue weighted by Gasteiger charge is -2.32. The maximum absolute atomic E-state index is 14.2. The number of imide groups is 1. The van der Waals surface area contributed by atoms with E-state index in [1.165, 1.54) is 6.20 Å². The van der Waals surface area contributed by atoms with Crippen LogP contribution in [0.2, 0.25) is 0 Å². The summed E-state index contributed by atoms with van der Waals surface area (Å²) in [5, 5.41) is 11.9. The van der Waals surface area contributed by atoms with E-state index in [9.17, 15) is 14.0 Å². The lowest BCUT2D eigenvalue weighted by molar-refractivity contribution is -0.115. The van der Waals surface area contributed by atoms with E-state index in [1.54, 1.807) is 36.8 Å². The van der Waals surface area contributed by atoms with Crippen molar-refractivity contribution in [2.24, 2.45) is 5.92 Å². The number of aromatic nitrogens is 5. The number of halogens is 1. The van der Waals surface area contributed by atoms with Gasteiger partial charge in [-0.15, -0.1) is 0 Å². The van der Waals surface area contributed by atoms with Gasteiger partial charge in [0.25, 0.3) is 11.1 Å². The molecule has 3 N–H and O–H groups in total. The predicted octanol–water partition coefficient (Wildman–Crippen LogP) is 2.73. The Kier molecular flexibility index (Phi) is 6.82. The van der Waals surface area contributed by atoms with Crippen molar-refractivity contribution in [3.63, 3.8) is 0 Å². The minimum absolute atomic E-state index is 0.326. The maximum atomic E-state index is 14.2. The van der Waals surface area contributed by atoms with Crippen LogP contribution in [0.5, 0.6) is 0 Å². The number of aromatic amines is 1. The van der Waals surface area contributed by atoms with Gasteiger partial charge in [-0.3, -0.25) is 25.0 Å². The van der Waals surface area contributed by atoms with Crippen LogP contribution >= 0.6 is 11.8 Å². The molecule has 2 saturated heterocycles. The fourth-order valence-corrected chi connectivity index (χ4v) is 4.73. The van der Waals surface area contributed by atoms with Gasteiger partial charge in [0.05, 0.1) is 28.7 Å². The summed E-state index contributed by atoms with van der Waals surface area (Å²) in [4.78, 5) is 38.6. The summed E-state index contributed by atoms with van der Waals surface area (Å²) >= 11 is 0.866. The summed E-state index contributed by atoms with van der Waals surface area (Å²) < 4.78 is 14.2. The van der Waals surface area contributed by atoms with Crippen molar-refractivity contribution < 1.29 is 14.0 Å². The number of H-pyrrole nitrogens is 1. The van der Waals surface area contributed by atoms with Crippen molar-refractivity contribution in [1.82, 2.24) is 35.8 Å². The van der Waals surface area contributed by atoms with Gasteiger partial charge in [0.2, 0.25) is 5.95 Å². The minimum Gasteiger partial charge on any atom is -0.341 e. The molecule has 0 bridgehead atoms. The fourth-order valence-electron chi connectivity index (χ4n) is 4.06. The number of thioether (sulfide) groups is 1. The first kappa shape index (κ1) is 23.1. The van der Waals surface area contributed by atoms with Gasteiger partial charge in [-0.25, -0.2) is 14.4 Å². The van der Waals surface area contributed by atoms with Crippen molar-refractivity contribution in [3.8, 4) is 11.3 Å². The Morgan fingerprint density at radius 2 is 2.09 bits per heavy atom. The number of hydrogen-bond acceptors (Lipinski definition) is 9. The predicted molar refractivity (Wildman–Crippen MR) is 130 cm³/mol. The number of amides is 2. The highest BCUT2D eigenvalue weighted by molar-refractivity contribution is 8.18. The number of nitrogens with zero attached hydrogens (tertiary/aromatic N) is 5. The second-order valence-corrected chi connectivity index (χ2v) is 9.36. The van der Waals surface area contributed by atoms with Crippen LogP contribution in [0.1, 0.15) is 24.1 Å². The molecule has 2 amide bonds. The van der Waals surface area contributed by atoms with Crippen molar-refractivity contribution in [1.29, 1.82) is 0 Å². The Morgan fingerprint density at radius 3 is 2.83 bits per heavy atom. The minimum atomic E-state index is -0.405. The average Bonchev–Trinajstić information content (AvgIpc) is 3.51. The third kappa shape index (κ3) is 5.54. The molecule has 35 heavy (non-hydrogen) atoms. The van der Waals surface area contributed by atoms with Crippen LogP contribution in [0.3, 0.4) is 0 Å². The monoisotopic (exact) mass is 494 g/mol. The topological polar surface area (TPSA) is 129 Å². The number of carbonyl (C=O) groups is 2. The standard InChI is InChI=1S/C23H23FN8O2S/c24-18-13-27-19(16-11-28-29-12-16)7-15(18)10-25-9-14-2-5-32(6-3-14)22-26-4-1-17(30-22)8-20-21(33)31-23(34)35-20/h1,4,7-8,11-14,25H,2-3,5-6,9-10H2,(H,28,29)(H,31,33,34)/b20-8+. The molecule has 3 aromatic rings. The van der Waals surface area contributed by atoms with Crippen LogP contribution in [-0.2, 0) is 11.3 Å². The molecular weight excluding hydrogens is 471 g/mol. The van der Waals surface area contributed by atoms with E-state index in [1.807, 2.05) is 0 Å². The molecule has 0 aromatic carbocycles. The third-order valence-electron chi connectivity index (χ3n) is 5.96. The first-order valence-electron chi connectivity index (χ1n) is 11.2. The second-order valence-electron chi connectivity index (χ2n) is 8.34. The first-order valence-corrected chi connectivity index (χ1v) is 12.0. The molecule has 5 rings (SSSR count). The SMILES string of the molecule is O=C1NC(=O)/C(=C\c2ccnc(N3CCC(CNCc4cc(-c5cn[nH]c5)ncc4F)CC3)n2)S1.